The Hall–Kier alpha value is -1.26. The number of benzene rings is 1. The Bertz CT molecular complexity index is 444. The van der Waals surface area contributed by atoms with Crippen LogP contribution in [-0.4, -0.2) is 11.1 Å². The van der Waals surface area contributed by atoms with Gasteiger partial charge in [0.15, 0.2) is 11.5 Å². The Kier molecular flexibility index (Phi) is 5.63. The van der Waals surface area contributed by atoms with Crippen LogP contribution in [0.15, 0.2) is 18.2 Å². The molecule has 0 radical (unpaired) electrons. The SMILES string of the molecule is CC(=O)Oc1ccc([C@H](N)C2CCCC2)cc1O.Cl. The minimum absolute atomic E-state index is 0. The third kappa shape index (κ3) is 3.85. The summed E-state index contributed by atoms with van der Waals surface area (Å²) < 4.78 is 4.88. The van der Waals surface area contributed by atoms with Crippen LogP contribution in [0.5, 0.6) is 11.5 Å². The Morgan fingerprint density at radius 3 is 2.58 bits per heavy atom. The molecule has 0 unspecified atom stereocenters. The number of aromatic hydroxyl groups is 1. The average molecular weight is 286 g/mol. The second kappa shape index (κ2) is 6.78. The summed E-state index contributed by atoms with van der Waals surface area (Å²) in [6.07, 6.45) is 4.76. The van der Waals surface area contributed by atoms with Gasteiger partial charge in [0.05, 0.1) is 0 Å². The Morgan fingerprint density at radius 1 is 1.42 bits per heavy atom. The van der Waals surface area contributed by atoms with Gasteiger partial charge in [0.25, 0.3) is 0 Å². The molecule has 0 aliphatic heterocycles. The Labute approximate surface area is 119 Å². The van der Waals surface area contributed by atoms with Gasteiger partial charge in [-0.25, -0.2) is 0 Å². The molecule has 1 atom stereocenters. The fourth-order valence-corrected chi connectivity index (χ4v) is 2.57. The zero-order chi connectivity index (χ0) is 13.1. The lowest BCUT2D eigenvalue weighted by Gasteiger charge is -2.19. The molecule has 1 saturated carbocycles. The normalized spacial score (nSPS) is 16.7. The van der Waals surface area contributed by atoms with E-state index in [9.17, 15) is 9.90 Å². The number of carbonyl (C=O) groups excluding carboxylic acids is 1. The molecule has 0 saturated heterocycles. The summed E-state index contributed by atoms with van der Waals surface area (Å²) in [6, 6.07) is 4.97. The van der Waals surface area contributed by atoms with Gasteiger partial charge >= 0.3 is 5.97 Å². The van der Waals surface area contributed by atoms with E-state index in [1.165, 1.54) is 19.8 Å². The molecule has 1 fully saturated rings. The van der Waals surface area contributed by atoms with E-state index in [1.807, 2.05) is 6.07 Å². The zero-order valence-corrected chi connectivity index (χ0v) is 11.8. The molecule has 1 aromatic rings. The molecule has 3 N–H and O–H groups in total. The molecule has 0 amide bonds. The lowest BCUT2D eigenvalue weighted by molar-refractivity contribution is -0.132. The van der Waals surface area contributed by atoms with Crippen molar-refractivity contribution < 1.29 is 14.6 Å². The van der Waals surface area contributed by atoms with Crippen molar-refractivity contribution in [3.05, 3.63) is 23.8 Å². The molecule has 0 heterocycles. The van der Waals surface area contributed by atoms with Crippen LogP contribution in [0, 0.1) is 5.92 Å². The Balaban J connectivity index is 0.00000180. The monoisotopic (exact) mass is 285 g/mol. The highest BCUT2D eigenvalue weighted by Crippen LogP contribution is 2.36. The summed E-state index contributed by atoms with van der Waals surface area (Å²) in [5, 5.41) is 9.80. The standard InChI is InChI=1S/C14H19NO3.ClH/c1-9(16)18-13-7-6-11(8-12(13)17)14(15)10-4-2-3-5-10;/h6-8,10,14,17H,2-5,15H2,1H3;1H/t14-;/m1./s1. The fraction of sp³-hybridized carbons (Fsp3) is 0.500. The van der Waals surface area contributed by atoms with Crippen molar-refractivity contribution in [1.82, 2.24) is 0 Å². The molecule has 1 aliphatic carbocycles. The van der Waals surface area contributed by atoms with E-state index >= 15 is 0 Å². The van der Waals surface area contributed by atoms with Crippen LogP contribution >= 0.6 is 12.4 Å². The van der Waals surface area contributed by atoms with Crippen molar-refractivity contribution in [2.45, 2.75) is 38.6 Å². The van der Waals surface area contributed by atoms with E-state index in [1.54, 1.807) is 12.1 Å². The van der Waals surface area contributed by atoms with Gasteiger partial charge in [0.1, 0.15) is 0 Å². The van der Waals surface area contributed by atoms with Gasteiger partial charge in [-0.1, -0.05) is 18.9 Å². The van der Waals surface area contributed by atoms with Crippen molar-refractivity contribution in [1.29, 1.82) is 0 Å². The quantitative estimate of drug-likeness (QED) is 0.661. The van der Waals surface area contributed by atoms with E-state index < -0.39 is 5.97 Å². The molecule has 1 aromatic carbocycles. The first kappa shape index (κ1) is 15.8. The van der Waals surface area contributed by atoms with E-state index in [-0.39, 0.29) is 29.9 Å². The second-order valence-corrected chi connectivity index (χ2v) is 4.89. The number of esters is 1. The minimum Gasteiger partial charge on any atom is -0.504 e. The van der Waals surface area contributed by atoms with Crippen molar-refractivity contribution in [3.8, 4) is 11.5 Å². The highest BCUT2D eigenvalue weighted by Gasteiger charge is 2.23. The topological polar surface area (TPSA) is 72.5 Å². The van der Waals surface area contributed by atoms with Crippen LogP contribution in [0.1, 0.15) is 44.2 Å². The van der Waals surface area contributed by atoms with E-state index in [0.717, 1.165) is 18.4 Å². The molecule has 5 heteroatoms. The van der Waals surface area contributed by atoms with Crippen LogP contribution in [0.4, 0.5) is 0 Å². The molecule has 106 valence electrons. The summed E-state index contributed by atoms with van der Waals surface area (Å²) in [6.45, 7) is 1.30. The predicted molar refractivity (Wildman–Crippen MR) is 75.6 cm³/mol. The number of hydrogen-bond donors (Lipinski definition) is 2. The average Bonchev–Trinajstić information content (AvgIpc) is 2.84. The smallest absolute Gasteiger partial charge is 0.308 e. The van der Waals surface area contributed by atoms with Crippen molar-refractivity contribution in [2.24, 2.45) is 11.7 Å². The molecule has 0 spiro atoms. The molecule has 2 rings (SSSR count). The first-order chi connectivity index (χ1) is 8.58. The number of carbonyl (C=O) groups is 1. The lowest BCUT2D eigenvalue weighted by atomic mass is 9.92. The van der Waals surface area contributed by atoms with Gasteiger partial charge in [-0.05, 0) is 36.5 Å². The van der Waals surface area contributed by atoms with Gasteiger partial charge in [0.2, 0.25) is 0 Å². The number of ether oxygens (including phenoxy) is 1. The molecule has 1 aliphatic rings. The van der Waals surface area contributed by atoms with Crippen molar-refractivity contribution in [3.63, 3.8) is 0 Å². The first-order valence-corrected chi connectivity index (χ1v) is 6.35. The fourth-order valence-electron chi connectivity index (χ4n) is 2.57. The van der Waals surface area contributed by atoms with Crippen molar-refractivity contribution in [2.75, 3.05) is 0 Å². The molecule has 4 nitrogen and oxygen atoms in total. The van der Waals surface area contributed by atoms with E-state index in [2.05, 4.69) is 0 Å². The zero-order valence-electron chi connectivity index (χ0n) is 11.0. The maximum atomic E-state index is 10.8. The van der Waals surface area contributed by atoms with Crippen molar-refractivity contribution >= 4 is 18.4 Å². The van der Waals surface area contributed by atoms with Gasteiger partial charge in [0, 0.05) is 13.0 Å². The largest absolute Gasteiger partial charge is 0.504 e. The second-order valence-electron chi connectivity index (χ2n) is 4.89. The van der Waals surface area contributed by atoms with E-state index in [0.29, 0.717) is 5.92 Å². The van der Waals surface area contributed by atoms with Gasteiger partial charge < -0.3 is 15.6 Å². The van der Waals surface area contributed by atoms with Crippen LogP contribution < -0.4 is 10.5 Å². The predicted octanol–water partition coefficient (Wildman–Crippen LogP) is 2.93. The summed E-state index contributed by atoms with van der Waals surface area (Å²) in [5.41, 5.74) is 7.10. The highest BCUT2D eigenvalue weighted by molar-refractivity contribution is 5.85. The first-order valence-electron chi connectivity index (χ1n) is 6.35. The molecular formula is C14H20ClNO3. The minimum atomic E-state index is -0.446. The van der Waals surface area contributed by atoms with Gasteiger partial charge in [-0.3, -0.25) is 4.79 Å². The summed E-state index contributed by atoms with van der Waals surface area (Å²) in [7, 11) is 0. The maximum absolute atomic E-state index is 10.8. The number of hydrogen-bond acceptors (Lipinski definition) is 4. The number of phenolic OH excluding ortho intramolecular Hbond substituents is 1. The van der Waals surface area contributed by atoms with E-state index in [4.69, 9.17) is 10.5 Å². The van der Waals surface area contributed by atoms with Gasteiger partial charge in [-0.2, -0.15) is 0 Å². The third-order valence-corrected chi connectivity index (χ3v) is 3.53. The molecule has 0 aromatic heterocycles. The number of rotatable bonds is 3. The molecule has 19 heavy (non-hydrogen) atoms. The summed E-state index contributed by atoms with van der Waals surface area (Å²) >= 11 is 0. The van der Waals surface area contributed by atoms with Crippen LogP contribution in [0.25, 0.3) is 0 Å². The molecule has 0 bridgehead atoms. The summed E-state index contributed by atoms with van der Waals surface area (Å²) in [4.78, 5) is 10.8. The summed E-state index contributed by atoms with van der Waals surface area (Å²) in [5.74, 6) is 0.197. The number of halogens is 1. The Morgan fingerprint density at radius 2 is 2.05 bits per heavy atom. The van der Waals surface area contributed by atoms with Crippen LogP contribution in [0.3, 0.4) is 0 Å². The lowest BCUT2D eigenvalue weighted by Crippen LogP contribution is -2.19. The third-order valence-electron chi connectivity index (χ3n) is 3.53. The maximum Gasteiger partial charge on any atom is 0.308 e. The van der Waals surface area contributed by atoms with Crippen LogP contribution in [0.2, 0.25) is 0 Å². The van der Waals surface area contributed by atoms with Crippen LogP contribution in [-0.2, 0) is 4.79 Å². The number of nitrogens with two attached hydrogens (primary N) is 1. The van der Waals surface area contributed by atoms with Gasteiger partial charge in [-0.15, -0.1) is 12.4 Å². The highest BCUT2D eigenvalue weighted by atomic mass is 35.5. The molecular weight excluding hydrogens is 266 g/mol. The number of phenols is 1.